The number of aromatic hydroxyl groups is 1. The first-order valence-electron chi connectivity index (χ1n) is 9.90. The zero-order valence-electron chi connectivity index (χ0n) is 17.1. The SMILES string of the molecule is CN(C)C1CCN(c2ccc(NC(=O)c3cc(O)c4c(cnn4C)c3)cc2)CC1. The van der Waals surface area contributed by atoms with Gasteiger partial charge in [0.1, 0.15) is 11.3 Å². The van der Waals surface area contributed by atoms with Gasteiger partial charge in [-0.05, 0) is 63.3 Å². The number of carbonyl (C=O) groups is 1. The van der Waals surface area contributed by atoms with Crippen LogP contribution in [0.3, 0.4) is 0 Å². The highest BCUT2D eigenvalue weighted by Crippen LogP contribution is 2.27. The Morgan fingerprint density at radius 3 is 2.52 bits per heavy atom. The maximum Gasteiger partial charge on any atom is 0.255 e. The number of hydrogen-bond donors (Lipinski definition) is 2. The van der Waals surface area contributed by atoms with E-state index in [1.807, 2.05) is 24.3 Å². The van der Waals surface area contributed by atoms with E-state index in [4.69, 9.17) is 0 Å². The molecular formula is C22H27N5O2. The number of fused-ring (bicyclic) bond motifs is 1. The largest absolute Gasteiger partial charge is 0.506 e. The van der Waals surface area contributed by atoms with Crippen LogP contribution in [0, 0.1) is 0 Å². The minimum Gasteiger partial charge on any atom is -0.506 e. The molecule has 152 valence electrons. The molecular weight excluding hydrogens is 366 g/mol. The summed E-state index contributed by atoms with van der Waals surface area (Å²) in [7, 11) is 6.04. The van der Waals surface area contributed by atoms with Crippen molar-refractivity contribution in [2.24, 2.45) is 7.05 Å². The predicted molar refractivity (Wildman–Crippen MR) is 116 cm³/mol. The molecule has 0 radical (unpaired) electrons. The maximum absolute atomic E-state index is 12.6. The Labute approximate surface area is 170 Å². The molecule has 0 spiro atoms. The normalized spacial score (nSPS) is 15.2. The van der Waals surface area contributed by atoms with Crippen LogP contribution in [0.15, 0.2) is 42.6 Å². The van der Waals surface area contributed by atoms with Crippen molar-refractivity contribution in [3.8, 4) is 5.75 Å². The maximum atomic E-state index is 12.6. The van der Waals surface area contributed by atoms with Crippen molar-refractivity contribution >= 4 is 28.2 Å². The lowest BCUT2D eigenvalue weighted by molar-refractivity contribution is 0.102. The van der Waals surface area contributed by atoms with Crippen LogP contribution in [-0.4, -0.2) is 58.9 Å². The molecule has 0 aliphatic carbocycles. The minimum atomic E-state index is -0.259. The number of carbonyl (C=O) groups excluding carboxylic acids is 1. The fourth-order valence-corrected chi connectivity index (χ4v) is 4.03. The van der Waals surface area contributed by atoms with Gasteiger partial charge in [0.15, 0.2) is 0 Å². The molecule has 1 aliphatic rings. The summed E-state index contributed by atoms with van der Waals surface area (Å²) in [6.07, 6.45) is 3.96. The van der Waals surface area contributed by atoms with Crippen LogP contribution < -0.4 is 10.2 Å². The van der Waals surface area contributed by atoms with Crippen LogP contribution in [-0.2, 0) is 7.05 Å². The first-order valence-corrected chi connectivity index (χ1v) is 9.90. The first-order chi connectivity index (χ1) is 13.9. The van der Waals surface area contributed by atoms with Gasteiger partial charge in [-0.15, -0.1) is 0 Å². The molecule has 1 aliphatic heterocycles. The third kappa shape index (κ3) is 3.91. The van der Waals surface area contributed by atoms with E-state index < -0.39 is 0 Å². The van der Waals surface area contributed by atoms with Gasteiger partial charge >= 0.3 is 0 Å². The number of aromatic nitrogens is 2. The van der Waals surface area contributed by atoms with Gasteiger partial charge in [-0.1, -0.05) is 0 Å². The second-order valence-electron chi connectivity index (χ2n) is 7.88. The van der Waals surface area contributed by atoms with Gasteiger partial charge in [0.25, 0.3) is 5.91 Å². The van der Waals surface area contributed by atoms with Crippen molar-refractivity contribution in [2.75, 3.05) is 37.4 Å². The molecule has 2 heterocycles. The third-order valence-electron chi connectivity index (χ3n) is 5.76. The van der Waals surface area contributed by atoms with Crippen LogP contribution in [0.2, 0.25) is 0 Å². The smallest absolute Gasteiger partial charge is 0.255 e. The lowest BCUT2D eigenvalue weighted by Gasteiger charge is -2.36. The number of aryl methyl sites for hydroxylation is 1. The average Bonchev–Trinajstić information content (AvgIpc) is 3.10. The number of piperidine rings is 1. The van der Waals surface area contributed by atoms with Crippen LogP contribution in [0.1, 0.15) is 23.2 Å². The summed E-state index contributed by atoms with van der Waals surface area (Å²) in [5.74, 6) is -0.213. The molecule has 0 unspecified atom stereocenters. The number of benzene rings is 2. The summed E-state index contributed by atoms with van der Waals surface area (Å²) in [6, 6.07) is 11.8. The van der Waals surface area contributed by atoms with Crippen LogP contribution in [0.5, 0.6) is 5.75 Å². The minimum absolute atomic E-state index is 0.0455. The highest BCUT2D eigenvalue weighted by Gasteiger charge is 2.20. The number of amides is 1. The summed E-state index contributed by atoms with van der Waals surface area (Å²) in [6.45, 7) is 2.08. The molecule has 2 aromatic carbocycles. The molecule has 1 amide bonds. The van der Waals surface area contributed by atoms with Crippen molar-refractivity contribution < 1.29 is 9.90 Å². The molecule has 1 aromatic heterocycles. The summed E-state index contributed by atoms with van der Waals surface area (Å²) >= 11 is 0. The van der Waals surface area contributed by atoms with Gasteiger partial charge in [-0.3, -0.25) is 9.48 Å². The van der Waals surface area contributed by atoms with Crippen molar-refractivity contribution in [3.63, 3.8) is 0 Å². The number of rotatable bonds is 4. The van der Waals surface area contributed by atoms with E-state index in [0.717, 1.165) is 37.0 Å². The van der Waals surface area contributed by atoms with Gasteiger partial charge < -0.3 is 20.2 Å². The molecule has 3 aromatic rings. The Kier molecular flexibility index (Phi) is 5.15. The molecule has 1 saturated heterocycles. The number of nitrogens with one attached hydrogen (secondary N) is 1. The Bertz CT molecular complexity index is 1020. The summed E-state index contributed by atoms with van der Waals surface area (Å²) in [4.78, 5) is 17.3. The van der Waals surface area contributed by atoms with Gasteiger partial charge in [0, 0.05) is 48.5 Å². The number of nitrogens with zero attached hydrogens (tertiary/aromatic N) is 4. The fraction of sp³-hybridized carbons (Fsp3) is 0.364. The Balaban J connectivity index is 1.43. The van der Waals surface area contributed by atoms with E-state index in [2.05, 4.69) is 34.3 Å². The van der Waals surface area contributed by atoms with E-state index in [0.29, 0.717) is 17.1 Å². The van der Waals surface area contributed by atoms with E-state index in [-0.39, 0.29) is 11.7 Å². The first kappa shape index (κ1) is 19.3. The van der Waals surface area contributed by atoms with Gasteiger partial charge in [-0.2, -0.15) is 5.10 Å². The number of phenolic OH excluding ortho intramolecular Hbond substituents is 1. The quantitative estimate of drug-likeness (QED) is 0.713. The summed E-state index contributed by atoms with van der Waals surface area (Å²) in [5.41, 5.74) is 2.92. The molecule has 29 heavy (non-hydrogen) atoms. The lowest BCUT2D eigenvalue weighted by Crippen LogP contribution is -2.41. The number of hydrogen-bond acceptors (Lipinski definition) is 5. The molecule has 1 fully saturated rings. The van der Waals surface area contributed by atoms with E-state index in [9.17, 15) is 9.90 Å². The zero-order chi connectivity index (χ0) is 20.5. The predicted octanol–water partition coefficient (Wildman–Crippen LogP) is 3.06. The second-order valence-corrected chi connectivity index (χ2v) is 7.88. The topological polar surface area (TPSA) is 73.6 Å². The van der Waals surface area contributed by atoms with E-state index >= 15 is 0 Å². The van der Waals surface area contributed by atoms with Crippen molar-refractivity contribution in [1.29, 1.82) is 0 Å². The molecule has 7 nitrogen and oxygen atoms in total. The molecule has 0 saturated carbocycles. The monoisotopic (exact) mass is 393 g/mol. The van der Waals surface area contributed by atoms with E-state index in [1.54, 1.807) is 24.0 Å². The van der Waals surface area contributed by atoms with Crippen molar-refractivity contribution in [1.82, 2.24) is 14.7 Å². The van der Waals surface area contributed by atoms with Crippen LogP contribution >= 0.6 is 0 Å². The van der Waals surface area contributed by atoms with Crippen molar-refractivity contribution in [2.45, 2.75) is 18.9 Å². The second kappa shape index (κ2) is 7.75. The highest BCUT2D eigenvalue weighted by atomic mass is 16.3. The molecule has 0 atom stereocenters. The molecule has 7 heteroatoms. The number of anilines is 2. The van der Waals surface area contributed by atoms with Crippen LogP contribution in [0.25, 0.3) is 10.9 Å². The van der Waals surface area contributed by atoms with Crippen LogP contribution in [0.4, 0.5) is 11.4 Å². The lowest BCUT2D eigenvalue weighted by atomic mass is 10.0. The molecule has 4 rings (SSSR count). The van der Waals surface area contributed by atoms with E-state index in [1.165, 1.54) is 11.8 Å². The Morgan fingerprint density at radius 2 is 1.86 bits per heavy atom. The van der Waals surface area contributed by atoms with Gasteiger partial charge in [0.05, 0.1) is 6.20 Å². The van der Waals surface area contributed by atoms with Gasteiger partial charge in [0.2, 0.25) is 0 Å². The van der Waals surface area contributed by atoms with Gasteiger partial charge in [-0.25, -0.2) is 0 Å². The Hall–Kier alpha value is -3.06. The fourth-order valence-electron chi connectivity index (χ4n) is 4.03. The van der Waals surface area contributed by atoms with Crippen molar-refractivity contribution in [3.05, 3.63) is 48.2 Å². The average molecular weight is 393 g/mol. The zero-order valence-corrected chi connectivity index (χ0v) is 17.1. The number of phenols is 1. The Morgan fingerprint density at radius 1 is 1.17 bits per heavy atom. The molecule has 0 bridgehead atoms. The third-order valence-corrected chi connectivity index (χ3v) is 5.76. The highest BCUT2D eigenvalue weighted by molar-refractivity contribution is 6.07. The summed E-state index contributed by atoms with van der Waals surface area (Å²) < 4.78 is 1.59. The standard InChI is InChI=1S/C22H27N5O2/c1-25(2)18-8-10-27(11-9-18)19-6-4-17(5-7-19)24-22(29)15-12-16-14-23-26(3)21(16)20(28)13-15/h4-7,12-14,18,28H,8-11H2,1-3H3,(H,24,29). The summed E-state index contributed by atoms with van der Waals surface area (Å²) in [5, 5.41) is 18.0. The molecule has 2 N–H and O–H groups in total.